The molecule has 3 heterocycles. The number of fused-ring (bicyclic) bond motifs is 1. The zero-order valence-corrected chi connectivity index (χ0v) is 20.0. The Balaban J connectivity index is 1.57. The Labute approximate surface area is 203 Å². The number of methoxy groups -OCH3 is 1. The molecule has 1 fully saturated rings. The number of amides is 1. The van der Waals surface area contributed by atoms with Crippen LogP contribution in [0.4, 0.5) is 5.69 Å². The van der Waals surface area contributed by atoms with Gasteiger partial charge in [0.05, 0.1) is 24.8 Å². The summed E-state index contributed by atoms with van der Waals surface area (Å²) in [6.45, 7) is 0.925. The maximum absolute atomic E-state index is 13.7. The van der Waals surface area contributed by atoms with Gasteiger partial charge in [-0.25, -0.2) is 0 Å². The lowest BCUT2D eigenvalue weighted by atomic mass is 9.94. The van der Waals surface area contributed by atoms with E-state index in [2.05, 4.69) is 0 Å². The third-order valence-corrected chi connectivity index (χ3v) is 6.65. The minimum absolute atomic E-state index is 0.00335. The monoisotopic (exact) mass is 476 g/mol. The Morgan fingerprint density at radius 2 is 1.97 bits per heavy atom. The molecule has 2 aromatic carbocycles. The lowest BCUT2D eigenvalue weighted by Crippen LogP contribution is -2.37. The van der Waals surface area contributed by atoms with Crippen LogP contribution in [0.3, 0.4) is 0 Å². The van der Waals surface area contributed by atoms with E-state index in [1.807, 2.05) is 49.3 Å². The average molecular weight is 477 g/mol. The fourth-order valence-electron chi connectivity index (χ4n) is 4.82. The van der Waals surface area contributed by atoms with Gasteiger partial charge in [-0.3, -0.25) is 9.59 Å². The van der Waals surface area contributed by atoms with E-state index in [9.17, 15) is 14.7 Å². The number of hydrogen-bond donors (Lipinski definition) is 1. The molecule has 35 heavy (non-hydrogen) atoms. The summed E-state index contributed by atoms with van der Waals surface area (Å²) in [5.41, 5.74) is 2.15. The third-order valence-electron chi connectivity index (χ3n) is 6.65. The molecular weight excluding hydrogens is 448 g/mol. The lowest BCUT2D eigenvalue weighted by Gasteiger charge is -2.29. The standard InChI is InChI=1S/C27H28N2O6/c1-28(2)18-11-9-16(10-12-18)23-22(25(31)27(32)29(23)15-19-7-5-13-34-19)24(30)21-14-17-6-4-8-20(33-3)26(17)35-21/h4,6,8-12,14,19,23,31H,5,7,13,15H2,1-3H3. The highest BCUT2D eigenvalue weighted by molar-refractivity contribution is 6.16. The first-order valence-electron chi connectivity index (χ1n) is 11.6. The fraction of sp³-hybridized carbons (Fsp3) is 0.333. The second-order valence-electron chi connectivity index (χ2n) is 9.06. The number of aliphatic hydroxyl groups excluding tert-OH is 1. The number of carbonyl (C=O) groups is 2. The van der Waals surface area contributed by atoms with E-state index in [1.165, 1.54) is 12.0 Å². The second-order valence-corrected chi connectivity index (χ2v) is 9.06. The van der Waals surface area contributed by atoms with Crippen molar-refractivity contribution < 1.29 is 28.6 Å². The van der Waals surface area contributed by atoms with Gasteiger partial charge in [-0.2, -0.15) is 0 Å². The Kier molecular flexibility index (Phi) is 5.98. The molecule has 5 rings (SSSR count). The SMILES string of the molecule is COc1cccc2cc(C(=O)C3=C(O)C(=O)N(CC4CCCO4)C3c3ccc(N(C)C)cc3)oc12. The van der Waals surface area contributed by atoms with Gasteiger partial charge in [0.1, 0.15) is 0 Å². The molecule has 2 aliphatic rings. The molecule has 3 aromatic rings. The summed E-state index contributed by atoms with van der Waals surface area (Å²) in [6.07, 6.45) is 1.60. The van der Waals surface area contributed by atoms with E-state index in [1.54, 1.807) is 18.2 Å². The van der Waals surface area contributed by atoms with Crippen LogP contribution in [0, 0.1) is 0 Å². The van der Waals surface area contributed by atoms with Crippen molar-refractivity contribution in [3.05, 3.63) is 71.2 Å². The number of carbonyl (C=O) groups excluding carboxylic acids is 2. The van der Waals surface area contributed by atoms with Crippen molar-refractivity contribution in [3.63, 3.8) is 0 Å². The van der Waals surface area contributed by atoms with E-state index < -0.39 is 23.5 Å². The molecule has 2 unspecified atom stereocenters. The van der Waals surface area contributed by atoms with Crippen molar-refractivity contribution in [2.75, 3.05) is 39.3 Å². The first kappa shape index (κ1) is 23.0. The van der Waals surface area contributed by atoms with Crippen LogP contribution in [0.1, 0.15) is 35.0 Å². The molecule has 2 aliphatic heterocycles. The number of aliphatic hydroxyl groups is 1. The number of anilines is 1. The normalized spacial score (nSPS) is 20.2. The summed E-state index contributed by atoms with van der Waals surface area (Å²) < 4.78 is 17.0. The number of rotatable bonds is 7. The minimum atomic E-state index is -0.759. The van der Waals surface area contributed by atoms with Crippen LogP contribution in [0.25, 0.3) is 11.0 Å². The first-order chi connectivity index (χ1) is 16.9. The molecular formula is C27H28N2O6. The topological polar surface area (TPSA) is 92.5 Å². The molecule has 8 heteroatoms. The molecule has 8 nitrogen and oxygen atoms in total. The van der Waals surface area contributed by atoms with E-state index in [0.717, 1.165) is 24.1 Å². The molecule has 1 saturated heterocycles. The van der Waals surface area contributed by atoms with Gasteiger partial charge in [-0.05, 0) is 42.7 Å². The molecule has 0 radical (unpaired) electrons. The van der Waals surface area contributed by atoms with Crippen molar-refractivity contribution in [1.82, 2.24) is 4.90 Å². The van der Waals surface area contributed by atoms with Gasteiger partial charge >= 0.3 is 0 Å². The lowest BCUT2D eigenvalue weighted by molar-refractivity contribution is -0.131. The van der Waals surface area contributed by atoms with Crippen molar-refractivity contribution in [1.29, 1.82) is 0 Å². The summed E-state index contributed by atoms with van der Waals surface area (Å²) in [5.74, 6) is -1.14. The zero-order valence-electron chi connectivity index (χ0n) is 20.0. The van der Waals surface area contributed by atoms with Gasteiger partial charge in [0.25, 0.3) is 5.91 Å². The molecule has 1 N–H and O–H groups in total. The average Bonchev–Trinajstić information content (AvgIpc) is 3.59. The van der Waals surface area contributed by atoms with E-state index in [-0.39, 0.29) is 24.0 Å². The molecule has 1 amide bonds. The summed E-state index contributed by atoms with van der Waals surface area (Å²) in [4.78, 5) is 30.5. The number of Topliss-reactive ketones (excluding diaryl/α,β-unsaturated/α-hetero) is 1. The van der Waals surface area contributed by atoms with Gasteiger partial charge in [0.15, 0.2) is 22.9 Å². The predicted molar refractivity (Wildman–Crippen MR) is 131 cm³/mol. The highest BCUT2D eigenvalue weighted by Crippen LogP contribution is 2.41. The van der Waals surface area contributed by atoms with Gasteiger partial charge in [0, 0.05) is 38.3 Å². The number of benzene rings is 2. The Bertz CT molecular complexity index is 1300. The predicted octanol–water partition coefficient (Wildman–Crippen LogP) is 4.26. The summed E-state index contributed by atoms with van der Waals surface area (Å²) in [5, 5.41) is 11.6. The minimum Gasteiger partial charge on any atom is -0.503 e. The van der Waals surface area contributed by atoms with E-state index in [0.29, 0.717) is 23.3 Å². The van der Waals surface area contributed by atoms with Crippen molar-refractivity contribution >= 4 is 28.3 Å². The van der Waals surface area contributed by atoms with E-state index >= 15 is 0 Å². The number of ketones is 1. The Morgan fingerprint density at radius 3 is 2.63 bits per heavy atom. The summed E-state index contributed by atoms with van der Waals surface area (Å²) >= 11 is 0. The Morgan fingerprint density at radius 1 is 1.20 bits per heavy atom. The summed E-state index contributed by atoms with van der Waals surface area (Å²) in [6, 6.07) is 13.8. The maximum Gasteiger partial charge on any atom is 0.290 e. The van der Waals surface area contributed by atoms with Crippen LogP contribution in [0.15, 0.2) is 64.3 Å². The second kappa shape index (κ2) is 9.11. The van der Waals surface area contributed by atoms with Gasteiger partial charge in [-0.15, -0.1) is 0 Å². The van der Waals surface area contributed by atoms with E-state index in [4.69, 9.17) is 13.9 Å². The zero-order chi connectivity index (χ0) is 24.7. The highest BCUT2D eigenvalue weighted by Gasteiger charge is 2.45. The number of ether oxygens (including phenoxy) is 2. The van der Waals surface area contributed by atoms with Crippen molar-refractivity contribution in [2.24, 2.45) is 0 Å². The largest absolute Gasteiger partial charge is 0.503 e. The van der Waals surface area contributed by atoms with Crippen LogP contribution in [0.2, 0.25) is 0 Å². The molecule has 0 saturated carbocycles. The summed E-state index contributed by atoms with van der Waals surface area (Å²) in [7, 11) is 5.40. The third kappa shape index (κ3) is 4.04. The quantitative estimate of drug-likeness (QED) is 0.509. The van der Waals surface area contributed by atoms with Gasteiger partial charge in [0.2, 0.25) is 5.78 Å². The van der Waals surface area contributed by atoms with Crippen LogP contribution in [-0.4, -0.2) is 62.2 Å². The Hall–Kier alpha value is -3.78. The molecule has 2 atom stereocenters. The number of nitrogens with zero attached hydrogens (tertiary/aromatic N) is 2. The number of hydrogen-bond acceptors (Lipinski definition) is 7. The molecule has 0 spiro atoms. The molecule has 0 aliphatic carbocycles. The molecule has 182 valence electrons. The van der Waals surface area contributed by atoms with Crippen LogP contribution in [0.5, 0.6) is 5.75 Å². The van der Waals surface area contributed by atoms with Gasteiger partial charge in [-0.1, -0.05) is 24.3 Å². The smallest absolute Gasteiger partial charge is 0.290 e. The van der Waals surface area contributed by atoms with Crippen molar-refractivity contribution in [2.45, 2.75) is 25.0 Å². The molecule has 0 bridgehead atoms. The van der Waals surface area contributed by atoms with Gasteiger partial charge < -0.3 is 28.8 Å². The maximum atomic E-state index is 13.7. The van der Waals surface area contributed by atoms with Crippen LogP contribution in [-0.2, 0) is 9.53 Å². The fourth-order valence-corrected chi connectivity index (χ4v) is 4.82. The number of para-hydroxylation sites is 1. The first-order valence-corrected chi connectivity index (χ1v) is 11.6. The van der Waals surface area contributed by atoms with Crippen LogP contribution >= 0.6 is 0 Å². The van der Waals surface area contributed by atoms with Crippen molar-refractivity contribution in [3.8, 4) is 5.75 Å². The molecule has 1 aromatic heterocycles. The van der Waals surface area contributed by atoms with Crippen LogP contribution < -0.4 is 9.64 Å². The highest BCUT2D eigenvalue weighted by atomic mass is 16.5. The number of furan rings is 1.